The van der Waals surface area contributed by atoms with Gasteiger partial charge in [-0.05, 0) is 40.8 Å². The average Bonchev–Trinajstić information content (AvgIpc) is 2.15. The number of methoxy groups -OCH3 is 1. The minimum atomic E-state index is -0.990. The standard InChI is InChI=1S/C9H9IO4/c1-13-8-3-2-6(4-7(8)10)14-5-9(11)12/h2-4H,5H2,1H3,(H,11,12). The molecule has 1 N–H and O–H groups in total. The van der Waals surface area contributed by atoms with Gasteiger partial charge in [0, 0.05) is 0 Å². The van der Waals surface area contributed by atoms with Crippen LogP contribution in [0.25, 0.3) is 0 Å². The molecule has 14 heavy (non-hydrogen) atoms. The molecule has 1 rings (SSSR count). The van der Waals surface area contributed by atoms with Crippen LogP contribution in [0.2, 0.25) is 0 Å². The quantitative estimate of drug-likeness (QED) is 0.861. The summed E-state index contributed by atoms with van der Waals surface area (Å²) in [6, 6.07) is 5.13. The summed E-state index contributed by atoms with van der Waals surface area (Å²) < 4.78 is 10.9. The number of carbonyl (C=O) groups is 1. The van der Waals surface area contributed by atoms with E-state index in [1.807, 2.05) is 0 Å². The fourth-order valence-corrected chi connectivity index (χ4v) is 1.59. The lowest BCUT2D eigenvalue weighted by atomic mass is 10.3. The van der Waals surface area contributed by atoms with E-state index < -0.39 is 5.97 Å². The van der Waals surface area contributed by atoms with Crippen LogP contribution < -0.4 is 9.47 Å². The zero-order chi connectivity index (χ0) is 10.6. The first-order chi connectivity index (χ1) is 6.63. The fraction of sp³-hybridized carbons (Fsp3) is 0.222. The fourth-order valence-electron chi connectivity index (χ4n) is 0.882. The second kappa shape index (κ2) is 5.04. The molecule has 0 heterocycles. The number of carboxylic acid groups (broad SMARTS) is 1. The highest BCUT2D eigenvalue weighted by Gasteiger charge is 2.03. The maximum absolute atomic E-state index is 10.2. The predicted molar refractivity (Wildman–Crippen MR) is 58.8 cm³/mol. The van der Waals surface area contributed by atoms with E-state index in [-0.39, 0.29) is 6.61 Å². The Hall–Kier alpha value is -0.980. The number of benzene rings is 1. The molecule has 0 saturated carbocycles. The molecule has 0 fully saturated rings. The minimum Gasteiger partial charge on any atom is -0.496 e. The number of hydrogen-bond acceptors (Lipinski definition) is 3. The number of aliphatic carboxylic acids is 1. The molecule has 0 saturated heterocycles. The minimum absolute atomic E-state index is 0.331. The van der Waals surface area contributed by atoms with E-state index >= 15 is 0 Å². The summed E-state index contributed by atoms with van der Waals surface area (Å²) in [5.41, 5.74) is 0. The van der Waals surface area contributed by atoms with Crippen LogP contribution in [-0.4, -0.2) is 24.8 Å². The van der Waals surface area contributed by atoms with Crippen LogP contribution in [0.15, 0.2) is 18.2 Å². The molecule has 0 radical (unpaired) electrons. The Labute approximate surface area is 95.0 Å². The van der Waals surface area contributed by atoms with Gasteiger partial charge in [-0.1, -0.05) is 0 Å². The molecule has 1 aromatic carbocycles. The summed E-state index contributed by atoms with van der Waals surface area (Å²) in [6.45, 7) is -0.331. The summed E-state index contributed by atoms with van der Waals surface area (Å²) in [5.74, 6) is 0.279. The summed E-state index contributed by atoms with van der Waals surface area (Å²) in [6.07, 6.45) is 0. The molecule has 0 spiro atoms. The van der Waals surface area contributed by atoms with Crippen molar-refractivity contribution in [2.24, 2.45) is 0 Å². The molecule has 1 aromatic rings. The number of hydrogen-bond donors (Lipinski definition) is 1. The van der Waals surface area contributed by atoms with Crippen molar-refractivity contribution in [3.8, 4) is 11.5 Å². The van der Waals surface area contributed by atoms with Crippen LogP contribution in [0.3, 0.4) is 0 Å². The average molecular weight is 308 g/mol. The topological polar surface area (TPSA) is 55.8 Å². The Bertz CT molecular complexity index is 338. The van der Waals surface area contributed by atoms with Crippen LogP contribution in [-0.2, 0) is 4.79 Å². The van der Waals surface area contributed by atoms with E-state index in [4.69, 9.17) is 14.6 Å². The zero-order valence-electron chi connectivity index (χ0n) is 7.49. The van der Waals surface area contributed by atoms with E-state index in [9.17, 15) is 4.79 Å². The maximum atomic E-state index is 10.2. The van der Waals surface area contributed by atoms with Crippen molar-refractivity contribution in [1.82, 2.24) is 0 Å². The molecule has 0 aliphatic carbocycles. The van der Waals surface area contributed by atoms with Crippen molar-refractivity contribution in [3.05, 3.63) is 21.8 Å². The second-order valence-electron chi connectivity index (χ2n) is 2.48. The lowest BCUT2D eigenvalue weighted by molar-refractivity contribution is -0.139. The van der Waals surface area contributed by atoms with Gasteiger partial charge in [-0.2, -0.15) is 0 Å². The van der Waals surface area contributed by atoms with Crippen LogP contribution >= 0.6 is 22.6 Å². The van der Waals surface area contributed by atoms with Crippen molar-refractivity contribution in [2.45, 2.75) is 0 Å². The van der Waals surface area contributed by atoms with Gasteiger partial charge in [0.2, 0.25) is 0 Å². The molecule has 0 aliphatic heterocycles. The number of rotatable bonds is 4. The van der Waals surface area contributed by atoms with Gasteiger partial charge in [0.1, 0.15) is 11.5 Å². The first-order valence-electron chi connectivity index (χ1n) is 3.81. The third-order valence-corrected chi connectivity index (χ3v) is 2.33. The zero-order valence-corrected chi connectivity index (χ0v) is 9.65. The molecule has 0 amide bonds. The molecule has 0 aromatic heterocycles. The molecular weight excluding hydrogens is 299 g/mol. The Morgan fingerprint density at radius 1 is 1.57 bits per heavy atom. The molecule has 5 heteroatoms. The number of halogens is 1. The Morgan fingerprint density at radius 3 is 2.79 bits per heavy atom. The van der Waals surface area contributed by atoms with Gasteiger partial charge in [0.15, 0.2) is 6.61 Å². The van der Waals surface area contributed by atoms with Crippen molar-refractivity contribution >= 4 is 28.6 Å². The van der Waals surface area contributed by atoms with Crippen molar-refractivity contribution < 1.29 is 19.4 Å². The van der Waals surface area contributed by atoms with E-state index in [1.165, 1.54) is 0 Å². The number of ether oxygens (including phenoxy) is 2. The van der Waals surface area contributed by atoms with Gasteiger partial charge in [0.05, 0.1) is 10.7 Å². The van der Waals surface area contributed by atoms with Gasteiger partial charge in [-0.3, -0.25) is 0 Å². The summed E-state index contributed by atoms with van der Waals surface area (Å²) >= 11 is 2.09. The highest BCUT2D eigenvalue weighted by molar-refractivity contribution is 14.1. The predicted octanol–water partition coefficient (Wildman–Crippen LogP) is 1.76. The second-order valence-corrected chi connectivity index (χ2v) is 3.64. The van der Waals surface area contributed by atoms with Gasteiger partial charge >= 0.3 is 5.97 Å². The normalized spacial score (nSPS) is 9.57. The molecule has 76 valence electrons. The Balaban J connectivity index is 2.71. The van der Waals surface area contributed by atoms with Gasteiger partial charge in [-0.25, -0.2) is 4.79 Å². The van der Waals surface area contributed by atoms with Gasteiger partial charge < -0.3 is 14.6 Å². The Kier molecular flexibility index (Phi) is 3.99. The largest absolute Gasteiger partial charge is 0.496 e. The van der Waals surface area contributed by atoms with Crippen molar-refractivity contribution in [1.29, 1.82) is 0 Å². The van der Waals surface area contributed by atoms with Gasteiger partial charge in [0.25, 0.3) is 0 Å². The molecule has 0 unspecified atom stereocenters. The monoisotopic (exact) mass is 308 g/mol. The van der Waals surface area contributed by atoms with E-state index in [0.717, 1.165) is 9.32 Å². The molecule has 0 atom stereocenters. The lowest BCUT2D eigenvalue weighted by Gasteiger charge is -2.06. The molecule has 0 aliphatic rings. The van der Waals surface area contributed by atoms with Gasteiger partial charge in [-0.15, -0.1) is 0 Å². The van der Waals surface area contributed by atoms with Crippen molar-refractivity contribution in [3.63, 3.8) is 0 Å². The van der Waals surface area contributed by atoms with E-state index in [0.29, 0.717) is 5.75 Å². The first kappa shape index (κ1) is 11.1. The van der Waals surface area contributed by atoms with Crippen LogP contribution in [0.5, 0.6) is 11.5 Å². The molecular formula is C9H9IO4. The Morgan fingerprint density at radius 2 is 2.29 bits per heavy atom. The summed E-state index contributed by atoms with van der Waals surface area (Å²) in [7, 11) is 1.58. The van der Waals surface area contributed by atoms with Crippen LogP contribution in [0, 0.1) is 3.57 Å². The highest BCUT2D eigenvalue weighted by Crippen LogP contribution is 2.25. The van der Waals surface area contributed by atoms with E-state index in [2.05, 4.69) is 22.6 Å². The SMILES string of the molecule is COc1ccc(OCC(=O)O)cc1I. The van der Waals surface area contributed by atoms with Crippen LogP contribution in [0.1, 0.15) is 0 Å². The molecule has 0 bridgehead atoms. The van der Waals surface area contributed by atoms with Crippen molar-refractivity contribution in [2.75, 3.05) is 13.7 Å². The third kappa shape index (κ3) is 3.06. The summed E-state index contributed by atoms with van der Waals surface area (Å²) in [4.78, 5) is 10.2. The molecule has 4 nitrogen and oxygen atoms in total. The third-order valence-electron chi connectivity index (χ3n) is 1.49. The smallest absolute Gasteiger partial charge is 0.341 e. The number of carboxylic acids is 1. The summed E-state index contributed by atoms with van der Waals surface area (Å²) in [5, 5.41) is 8.39. The lowest BCUT2D eigenvalue weighted by Crippen LogP contribution is -2.09. The van der Waals surface area contributed by atoms with E-state index in [1.54, 1.807) is 25.3 Å². The van der Waals surface area contributed by atoms with Crippen LogP contribution in [0.4, 0.5) is 0 Å². The highest BCUT2D eigenvalue weighted by atomic mass is 127. The first-order valence-corrected chi connectivity index (χ1v) is 4.89. The maximum Gasteiger partial charge on any atom is 0.341 e.